The van der Waals surface area contributed by atoms with Crippen molar-refractivity contribution in [3.63, 3.8) is 0 Å². The van der Waals surface area contributed by atoms with Gasteiger partial charge in [0.2, 0.25) is 5.95 Å². The van der Waals surface area contributed by atoms with E-state index < -0.39 is 23.9 Å². The molecule has 1 atom stereocenters. The third-order valence-corrected chi connectivity index (χ3v) is 4.66. The molecule has 2 heterocycles. The van der Waals surface area contributed by atoms with Crippen LogP contribution in [0, 0.1) is 0 Å². The number of amides is 1. The minimum Gasteiger partial charge on any atom is -0.481 e. The summed E-state index contributed by atoms with van der Waals surface area (Å²) in [6.07, 6.45) is -0.724. The topological polar surface area (TPSA) is 211 Å². The van der Waals surface area contributed by atoms with Crippen molar-refractivity contribution in [1.82, 2.24) is 25.3 Å². The molecule has 172 valence electrons. The number of fused-ring (bicyclic) bond motifs is 1. The van der Waals surface area contributed by atoms with Gasteiger partial charge in [-0.1, -0.05) is 0 Å². The number of nitrogen functional groups attached to an aromatic ring is 2. The van der Waals surface area contributed by atoms with Gasteiger partial charge in [-0.2, -0.15) is 9.97 Å². The molecule has 1 aromatic carbocycles. The van der Waals surface area contributed by atoms with E-state index in [4.69, 9.17) is 17.9 Å². The Balaban J connectivity index is 1.72. The lowest BCUT2D eigenvalue weighted by atomic mass is 10.1. The van der Waals surface area contributed by atoms with Crippen molar-refractivity contribution in [1.29, 1.82) is 0 Å². The van der Waals surface area contributed by atoms with E-state index in [2.05, 4.69) is 25.3 Å². The second kappa shape index (κ2) is 9.72. The molecule has 0 aliphatic carbocycles. The number of aliphatic carboxylic acids is 2. The number of carbonyl (C=O) groups excluding carboxylic acids is 1. The summed E-state index contributed by atoms with van der Waals surface area (Å²) in [4.78, 5) is 52.3. The number of hydrogen-bond donors (Lipinski definition) is 5. The zero-order valence-electron chi connectivity index (χ0n) is 18.5. The average Bonchev–Trinajstić information content (AvgIpc) is 2.77. The van der Waals surface area contributed by atoms with Crippen molar-refractivity contribution < 1.29 is 26.0 Å². The molecule has 13 heteroatoms. The fourth-order valence-electron chi connectivity index (χ4n) is 2.96. The van der Waals surface area contributed by atoms with Crippen LogP contribution in [0.5, 0.6) is 0 Å². The van der Waals surface area contributed by atoms with Gasteiger partial charge in [0.1, 0.15) is 6.04 Å². The van der Waals surface area contributed by atoms with E-state index in [1.165, 1.54) is 12.1 Å². The first-order valence-corrected chi connectivity index (χ1v) is 9.68. The minimum absolute atomic E-state index is 0.0530. The SMILES string of the molecule is [2H]c1nc2nc(N)nc(N)c2nc1CN(C)c1ccc(C(=O)N[C@@H](CCC(=O)O)C(=O)O)cc1. The van der Waals surface area contributed by atoms with Crippen LogP contribution in [-0.2, 0) is 16.1 Å². The first-order valence-electron chi connectivity index (χ1n) is 10.2. The van der Waals surface area contributed by atoms with Crippen molar-refractivity contribution in [2.24, 2.45) is 0 Å². The Labute approximate surface area is 188 Å². The van der Waals surface area contributed by atoms with Crippen molar-refractivity contribution >= 4 is 46.5 Å². The summed E-state index contributed by atoms with van der Waals surface area (Å²) < 4.78 is 8.12. The Kier molecular flexibility index (Phi) is 6.38. The number of rotatable bonds is 9. The molecule has 0 spiro atoms. The second-order valence-electron chi connectivity index (χ2n) is 7.12. The van der Waals surface area contributed by atoms with Crippen LogP contribution in [0.15, 0.2) is 30.4 Å². The van der Waals surface area contributed by atoms with Gasteiger partial charge < -0.3 is 31.9 Å². The normalized spacial score (nSPS) is 12.1. The van der Waals surface area contributed by atoms with Crippen LogP contribution in [0.1, 0.15) is 30.3 Å². The largest absolute Gasteiger partial charge is 0.481 e. The summed E-state index contributed by atoms with van der Waals surface area (Å²) >= 11 is 0. The number of carboxylic acids is 2. The lowest BCUT2D eigenvalue weighted by Gasteiger charge is -2.19. The maximum absolute atomic E-state index is 12.4. The molecule has 0 bridgehead atoms. The number of hydrogen-bond acceptors (Lipinski definition) is 10. The van der Waals surface area contributed by atoms with Gasteiger partial charge in [-0.3, -0.25) is 9.59 Å². The number of carbonyl (C=O) groups is 3. The van der Waals surface area contributed by atoms with E-state index in [-0.39, 0.29) is 54.1 Å². The number of carboxylic acid groups (broad SMARTS) is 2. The van der Waals surface area contributed by atoms with Gasteiger partial charge in [0, 0.05) is 24.7 Å². The van der Waals surface area contributed by atoms with E-state index in [0.717, 1.165) is 0 Å². The molecule has 0 saturated heterocycles. The molecule has 0 aliphatic rings. The van der Waals surface area contributed by atoms with E-state index in [9.17, 15) is 19.5 Å². The Hall–Kier alpha value is -4.55. The van der Waals surface area contributed by atoms with Gasteiger partial charge >= 0.3 is 11.9 Å². The highest BCUT2D eigenvalue weighted by molar-refractivity contribution is 5.97. The molecule has 0 radical (unpaired) electrons. The zero-order chi connectivity index (χ0) is 25.0. The highest BCUT2D eigenvalue weighted by Crippen LogP contribution is 2.19. The molecule has 3 rings (SSSR count). The molecule has 33 heavy (non-hydrogen) atoms. The summed E-state index contributed by atoms with van der Waals surface area (Å²) in [6.45, 7) is 0.188. The maximum Gasteiger partial charge on any atom is 0.326 e. The van der Waals surface area contributed by atoms with Crippen molar-refractivity contribution in [2.75, 3.05) is 23.4 Å². The molecule has 0 saturated carbocycles. The van der Waals surface area contributed by atoms with Crippen molar-refractivity contribution in [2.45, 2.75) is 25.4 Å². The predicted molar refractivity (Wildman–Crippen MR) is 118 cm³/mol. The van der Waals surface area contributed by atoms with Crippen LogP contribution in [0.25, 0.3) is 11.2 Å². The van der Waals surface area contributed by atoms with Crippen LogP contribution >= 0.6 is 0 Å². The van der Waals surface area contributed by atoms with Crippen LogP contribution in [0.2, 0.25) is 0 Å². The van der Waals surface area contributed by atoms with Gasteiger partial charge in [0.25, 0.3) is 5.91 Å². The fourth-order valence-corrected chi connectivity index (χ4v) is 2.96. The number of aromatic nitrogens is 4. The summed E-state index contributed by atoms with van der Waals surface area (Å²) in [6, 6.07) is 4.95. The molecule has 1 amide bonds. The van der Waals surface area contributed by atoms with Gasteiger partial charge in [-0.25, -0.2) is 14.8 Å². The Bertz CT molecular complexity index is 1250. The third-order valence-electron chi connectivity index (χ3n) is 4.66. The lowest BCUT2D eigenvalue weighted by molar-refractivity contribution is -0.140. The molecular formula is C20H22N8O5. The molecule has 3 aromatic rings. The number of nitrogens with two attached hydrogens (primary N) is 2. The molecule has 7 N–H and O–H groups in total. The smallest absolute Gasteiger partial charge is 0.326 e. The van der Waals surface area contributed by atoms with Crippen LogP contribution in [0.4, 0.5) is 17.5 Å². The number of anilines is 3. The quantitative estimate of drug-likeness (QED) is 0.294. The molecule has 0 fully saturated rings. The molecule has 13 nitrogen and oxygen atoms in total. The van der Waals surface area contributed by atoms with Crippen molar-refractivity contribution in [3.05, 3.63) is 41.7 Å². The molecule has 2 aromatic heterocycles. The molecular weight excluding hydrogens is 432 g/mol. The van der Waals surface area contributed by atoms with Crippen molar-refractivity contribution in [3.8, 4) is 0 Å². The van der Waals surface area contributed by atoms with Gasteiger partial charge in [-0.05, 0) is 30.7 Å². The highest BCUT2D eigenvalue weighted by Gasteiger charge is 2.21. The average molecular weight is 455 g/mol. The lowest BCUT2D eigenvalue weighted by Crippen LogP contribution is -2.41. The maximum atomic E-state index is 12.4. The zero-order valence-corrected chi connectivity index (χ0v) is 17.5. The fraction of sp³-hybridized carbons (Fsp3) is 0.250. The standard InChI is InChI=1S/C20H22N8O5/c1-28(9-11-8-23-17-15(24-11)16(21)26-20(22)27-17)12-4-2-10(3-5-12)18(31)25-13(19(32)33)6-7-14(29)30/h2-5,8,13H,6-7,9H2,1H3,(H,25,31)(H,29,30)(H,32,33)(H4,21,22,23,26,27)/t13-/m0/s1/i8D. The van der Waals surface area contributed by atoms with Crippen LogP contribution in [-0.4, -0.2) is 61.1 Å². The van der Waals surface area contributed by atoms with Crippen LogP contribution in [0.3, 0.4) is 0 Å². The first kappa shape index (κ1) is 21.7. The number of nitrogens with one attached hydrogen (secondary N) is 1. The van der Waals surface area contributed by atoms with E-state index in [0.29, 0.717) is 11.4 Å². The van der Waals surface area contributed by atoms with Gasteiger partial charge in [0.15, 0.2) is 17.0 Å². The number of nitrogens with zero attached hydrogens (tertiary/aromatic N) is 5. The summed E-state index contributed by atoms with van der Waals surface area (Å²) in [7, 11) is 1.75. The van der Waals surface area contributed by atoms with Gasteiger partial charge in [0.05, 0.1) is 19.8 Å². The predicted octanol–water partition coefficient (Wildman–Crippen LogP) is 0.268. The van der Waals surface area contributed by atoms with E-state index in [1.807, 2.05) is 0 Å². The second-order valence-corrected chi connectivity index (χ2v) is 7.12. The van der Waals surface area contributed by atoms with Crippen LogP contribution < -0.4 is 21.7 Å². The third kappa shape index (κ3) is 5.78. The Morgan fingerprint density at radius 1 is 1.15 bits per heavy atom. The monoisotopic (exact) mass is 455 g/mol. The summed E-state index contributed by atoms with van der Waals surface area (Å²) in [5.74, 6) is -3.13. The van der Waals surface area contributed by atoms with E-state index in [1.54, 1.807) is 24.1 Å². The van der Waals surface area contributed by atoms with E-state index >= 15 is 0 Å². The summed E-state index contributed by atoms with van der Waals surface area (Å²) in [5.41, 5.74) is 12.9. The molecule has 0 aliphatic heterocycles. The minimum atomic E-state index is -1.32. The molecule has 0 unspecified atom stereocenters. The Morgan fingerprint density at radius 3 is 2.48 bits per heavy atom. The van der Waals surface area contributed by atoms with Gasteiger partial charge in [-0.15, -0.1) is 0 Å². The number of benzene rings is 1. The first-order chi connectivity index (χ1) is 16.0. The summed E-state index contributed by atoms with van der Waals surface area (Å²) in [5, 5.41) is 20.2. The Morgan fingerprint density at radius 2 is 1.85 bits per heavy atom. The highest BCUT2D eigenvalue weighted by atomic mass is 16.4.